The van der Waals surface area contributed by atoms with Crippen LogP contribution >= 0.6 is 0 Å². The molecule has 2 nitrogen and oxygen atoms in total. The fourth-order valence-corrected chi connectivity index (χ4v) is 3.31. The summed E-state index contributed by atoms with van der Waals surface area (Å²) in [6, 6.07) is 2.51. The van der Waals surface area contributed by atoms with Gasteiger partial charge in [-0.25, -0.2) is 0 Å². The third-order valence-electron chi connectivity index (χ3n) is 4.35. The topological polar surface area (TPSA) is 40.9 Å². The van der Waals surface area contributed by atoms with Gasteiger partial charge in [0.15, 0.2) is 5.78 Å². The van der Waals surface area contributed by atoms with Crippen molar-refractivity contribution in [3.8, 4) is 6.07 Å². The van der Waals surface area contributed by atoms with Crippen molar-refractivity contribution < 1.29 is 4.79 Å². The van der Waals surface area contributed by atoms with E-state index in [4.69, 9.17) is 0 Å². The predicted octanol–water partition coefficient (Wildman–Crippen LogP) is 3.57. The number of fused-ring (bicyclic) bond motifs is 1. The molecule has 2 heteroatoms. The molecular weight excluding hydrogens is 222 g/mol. The Kier molecular flexibility index (Phi) is 3.02. The lowest BCUT2D eigenvalue weighted by atomic mass is 9.56. The molecule has 0 bridgehead atoms. The smallest absolute Gasteiger partial charge is 0.158 e. The van der Waals surface area contributed by atoms with Crippen molar-refractivity contribution in [3.05, 3.63) is 35.5 Å². The standard InChI is InChI=1S/C16H19NO/c1-10(2)13-6-5-11(3)14-7-15(18)12(4)8-16(13,14)9-17/h5,7,12-13H,1,6,8H2,2-4H3/t12-,13+,16-/m1/s1. The van der Waals surface area contributed by atoms with Gasteiger partial charge in [0.05, 0.1) is 11.5 Å². The highest BCUT2D eigenvalue weighted by atomic mass is 16.1. The maximum Gasteiger partial charge on any atom is 0.158 e. The number of rotatable bonds is 1. The fraction of sp³-hybridized carbons (Fsp3) is 0.500. The number of carbonyl (C=O) groups is 1. The first kappa shape index (κ1) is 12.8. The van der Waals surface area contributed by atoms with E-state index in [1.807, 2.05) is 20.8 Å². The van der Waals surface area contributed by atoms with Crippen LogP contribution < -0.4 is 0 Å². The van der Waals surface area contributed by atoms with E-state index in [0.29, 0.717) is 6.42 Å². The SMILES string of the molecule is C=C(C)[C@@H]1CC=C(C)C2=CC(=O)[C@H](C)C[C@]21C#N. The first-order chi connectivity index (χ1) is 8.42. The number of ketones is 1. The summed E-state index contributed by atoms with van der Waals surface area (Å²) in [5, 5.41) is 9.75. The van der Waals surface area contributed by atoms with Crippen LogP contribution in [0.3, 0.4) is 0 Å². The molecule has 18 heavy (non-hydrogen) atoms. The van der Waals surface area contributed by atoms with Gasteiger partial charge >= 0.3 is 0 Å². The summed E-state index contributed by atoms with van der Waals surface area (Å²) >= 11 is 0. The van der Waals surface area contributed by atoms with Gasteiger partial charge in [0.25, 0.3) is 0 Å². The maximum absolute atomic E-state index is 11.9. The summed E-state index contributed by atoms with van der Waals surface area (Å²) in [6.07, 6.45) is 5.30. The number of carbonyl (C=O) groups excluding carboxylic acids is 1. The van der Waals surface area contributed by atoms with E-state index in [0.717, 1.165) is 23.1 Å². The zero-order chi connectivity index (χ0) is 13.5. The van der Waals surface area contributed by atoms with Crippen LogP contribution in [0.4, 0.5) is 0 Å². The Morgan fingerprint density at radius 3 is 2.83 bits per heavy atom. The average Bonchev–Trinajstić information content (AvgIpc) is 2.31. The second kappa shape index (κ2) is 4.24. The van der Waals surface area contributed by atoms with E-state index in [2.05, 4.69) is 18.7 Å². The van der Waals surface area contributed by atoms with Crippen molar-refractivity contribution in [2.45, 2.75) is 33.6 Å². The lowest BCUT2D eigenvalue weighted by Gasteiger charge is -2.44. The molecule has 0 radical (unpaired) electrons. The van der Waals surface area contributed by atoms with E-state index in [1.54, 1.807) is 6.08 Å². The molecule has 3 atom stereocenters. The van der Waals surface area contributed by atoms with E-state index < -0.39 is 5.41 Å². The monoisotopic (exact) mass is 241 g/mol. The second-order valence-corrected chi connectivity index (χ2v) is 5.67. The Hall–Kier alpha value is -1.62. The summed E-state index contributed by atoms with van der Waals surface area (Å²) < 4.78 is 0. The van der Waals surface area contributed by atoms with Crippen LogP contribution in [0, 0.1) is 28.6 Å². The molecule has 2 rings (SSSR count). The third-order valence-corrected chi connectivity index (χ3v) is 4.35. The van der Waals surface area contributed by atoms with Crippen LogP contribution in [-0.4, -0.2) is 5.78 Å². The van der Waals surface area contributed by atoms with Crippen molar-refractivity contribution in [1.82, 2.24) is 0 Å². The highest BCUT2D eigenvalue weighted by molar-refractivity contribution is 5.94. The van der Waals surface area contributed by atoms with Crippen LogP contribution in [0.25, 0.3) is 0 Å². The first-order valence-electron chi connectivity index (χ1n) is 6.42. The highest BCUT2D eigenvalue weighted by Crippen LogP contribution is 2.53. The summed E-state index contributed by atoms with van der Waals surface area (Å²) in [5.41, 5.74) is 2.49. The molecule has 0 unspecified atom stereocenters. The highest BCUT2D eigenvalue weighted by Gasteiger charge is 2.49. The van der Waals surface area contributed by atoms with Gasteiger partial charge < -0.3 is 0 Å². The van der Waals surface area contributed by atoms with Gasteiger partial charge in [-0.1, -0.05) is 30.7 Å². The number of allylic oxidation sites excluding steroid dienone is 5. The molecule has 2 aliphatic rings. The van der Waals surface area contributed by atoms with Crippen LogP contribution in [0.2, 0.25) is 0 Å². The molecule has 0 saturated carbocycles. The Balaban J connectivity index is 2.64. The lowest BCUT2D eigenvalue weighted by molar-refractivity contribution is -0.119. The Bertz CT molecular complexity index is 518. The van der Waals surface area contributed by atoms with Crippen molar-refractivity contribution >= 4 is 5.78 Å². The maximum atomic E-state index is 11.9. The van der Waals surface area contributed by atoms with Gasteiger partial charge in [-0.05, 0) is 38.3 Å². The predicted molar refractivity (Wildman–Crippen MR) is 71.6 cm³/mol. The van der Waals surface area contributed by atoms with Crippen LogP contribution in [-0.2, 0) is 4.79 Å². The molecule has 2 aliphatic carbocycles. The number of nitriles is 1. The Labute approximate surface area is 109 Å². The average molecular weight is 241 g/mol. The van der Waals surface area contributed by atoms with E-state index in [1.165, 1.54) is 0 Å². The molecule has 0 aromatic rings. The minimum absolute atomic E-state index is 0.0684. The minimum atomic E-state index is -0.544. The molecule has 0 aromatic heterocycles. The molecule has 0 aromatic carbocycles. The van der Waals surface area contributed by atoms with Gasteiger partial charge in [0.2, 0.25) is 0 Å². The first-order valence-corrected chi connectivity index (χ1v) is 6.42. The summed E-state index contributed by atoms with van der Waals surface area (Å²) in [7, 11) is 0. The third kappa shape index (κ3) is 1.66. The largest absolute Gasteiger partial charge is 0.295 e. The molecule has 0 aliphatic heterocycles. The normalized spacial score (nSPS) is 35.1. The van der Waals surface area contributed by atoms with Crippen molar-refractivity contribution in [2.75, 3.05) is 0 Å². The zero-order valence-corrected chi connectivity index (χ0v) is 11.3. The molecule has 94 valence electrons. The molecule has 0 amide bonds. The van der Waals surface area contributed by atoms with Crippen molar-refractivity contribution in [2.24, 2.45) is 17.3 Å². The summed E-state index contributed by atoms with van der Waals surface area (Å²) in [6.45, 7) is 9.93. The number of nitrogens with zero attached hydrogens (tertiary/aromatic N) is 1. The van der Waals surface area contributed by atoms with Gasteiger partial charge in [-0.2, -0.15) is 5.26 Å². The quantitative estimate of drug-likeness (QED) is 0.658. The number of hydrogen-bond donors (Lipinski definition) is 0. The van der Waals surface area contributed by atoms with E-state index in [9.17, 15) is 10.1 Å². The Morgan fingerprint density at radius 1 is 1.61 bits per heavy atom. The minimum Gasteiger partial charge on any atom is -0.295 e. The molecule has 0 spiro atoms. The van der Waals surface area contributed by atoms with E-state index in [-0.39, 0.29) is 17.6 Å². The van der Waals surface area contributed by atoms with Crippen LogP contribution in [0.15, 0.2) is 35.5 Å². The Morgan fingerprint density at radius 2 is 2.28 bits per heavy atom. The fourth-order valence-electron chi connectivity index (χ4n) is 3.31. The van der Waals surface area contributed by atoms with Crippen molar-refractivity contribution in [3.63, 3.8) is 0 Å². The molecule has 0 fully saturated rings. The number of hydrogen-bond acceptors (Lipinski definition) is 2. The molecule has 0 saturated heterocycles. The molecule has 0 N–H and O–H groups in total. The van der Waals surface area contributed by atoms with Crippen molar-refractivity contribution in [1.29, 1.82) is 5.26 Å². The van der Waals surface area contributed by atoms with Gasteiger partial charge in [-0.3, -0.25) is 4.79 Å². The van der Waals surface area contributed by atoms with Gasteiger partial charge in [0, 0.05) is 11.8 Å². The van der Waals surface area contributed by atoms with Crippen LogP contribution in [0.1, 0.15) is 33.6 Å². The molecule has 0 heterocycles. The van der Waals surface area contributed by atoms with Gasteiger partial charge in [-0.15, -0.1) is 0 Å². The zero-order valence-electron chi connectivity index (χ0n) is 11.3. The van der Waals surface area contributed by atoms with Crippen LogP contribution in [0.5, 0.6) is 0 Å². The summed E-state index contributed by atoms with van der Waals surface area (Å²) in [5.74, 6) is 0.208. The second-order valence-electron chi connectivity index (χ2n) is 5.67. The molecular formula is C16H19NO. The van der Waals surface area contributed by atoms with E-state index >= 15 is 0 Å². The van der Waals surface area contributed by atoms with Gasteiger partial charge in [0.1, 0.15) is 0 Å². The summed E-state index contributed by atoms with van der Waals surface area (Å²) in [4.78, 5) is 11.9. The lowest BCUT2D eigenvalue weighted by Crippen LogP contribution is -2.40.